The number of carbonyl (C=O) groups is 2. The highest BCUT2D eigenvalue weighted by atomic mass is 127. The van der Waals surface area contributed by atoms with Crippen LogP contribution in [-0.4, -0.2) is 76.6 Å². The van der Waals surface area contributed by atoms with Crippen molar-refractivity contribution in [1.29, 1.82) is 0 Å². The first-order valence-electron chi connectivity index (χ1n) is 22.5. The molecule has 4 heterocycles. The highest BCUT2D eigenvalue weighted by Gasteiger charge is 2.44. The summed E-state index contributed by atoms with van der Waals surface area (Å²) in [5.41, 5.74) is -2.27. The first-order valence-corrected chi connectivity index (χ1v) is 29.3. The van der Waals surface area contributed by atoms with Crippen LogP contribution >= 0.6 is 45.3 Å². The molecule has 1 unspecified atom stereocenters. The number of carbonyl (C=O) groups excluding carboxylic acids is 2. The molecule has 0 saturated heterocycles. The summed E-state index contributed by atoms with van der Waals surface area (Å²) in [7, 11) is -4.31. The van der Waals surface area contributed by atoms with Crippen LogP contribution in [0, 0.1) is 0 Å². The van der Waals surface area contributed by atoms with Crippen LogP contribution in [0.3, 0.4) is 0 Å². The van der Waals surface area contributed by atoms with E-state index >= 15 is 0 Å². The zero-order valence-electron chi connectivity index (χ0n) is 41.8. The minimum Gasteiger partial charge on any atom is -0.497 e. The standard InChI is InChI=1S/C28H24F3N3O6S2.C21H18F3N3O5S2.CH3I/c1-17-26(35)34(22-10-6-19(28(29,30)31)14-24(22)39-3)23-11-9-21(15-25(23)40-17)42(36,37)33(27-32-12-13-41-27)16-18-4-7-20(38-2)8-5-18;1-20(2)18(28)27(14-6-4-12(21(22,23)24)10-16(14)31-3)15-7-5-13(11-17(15)32-20)34(29,30)26-19-25-8-9-33-19;1-2/h4-15,17H,16H2,1-3H3;4-11H,1-3H3,(H,25,26);1H3. The molecule has 17 nitrogen and oxygen atoms in total. The van der Waals surface area contributed by atoms with E-state index in [1.165, 1.54) is 90.9 Å². The third-order valence-corrected chi connectivity index (χ3v) is 16.3. The molecule has 2 aliphatic rings. The number of fused-ring (bicyclic) bond motifs is 2. The highest BCUT2D eigenvalue weighted by Crippen LogP contribution is 2.48. The average molecular weight is 1280 g/mol. The number of hydrogen-bond donors (Lipinski definition) is 1. The average Bonchev–Trinajstić information content (AvgIpc) is 4.26. The van der Waals surface area contributed by atoms with E-state index in [4.69, 9.17) is 23.7 Å². The van der Waals surface area contributed by atoms with Crippen LogP contribution in [0.25, 0.3) is 0 Å². The summed E-state index contributed by atoms with van der Waals surface area (Å²) >= 11 is 4.39. The van der Waals surface area contributed by atoms with Crippen molar-refractivity contribution in [3.05, 3.63) is 137 Å². The number of nitrogens with zero attached hydrogens (tertiary/aromatic N) is 5. The first kappa shape index (κ1) is 58.8. The Morgan fingerprint density at radius 1 is 0.692 bits per heavy atom. The molecule has 2 aliphatic heterocycles. The maximum absolute atomic E-state index is 14.0. The lowest BCUT2D eigenvalue weighted by Crippen LogP contribution is -2.50. The predicted octanol–water partition coefficient (Wildman–Crippen LogP) is 11.9. The minimum absolute atomic E-state index is 0.0262. The summed E-state index contributed by atoms with van der Waals surface area (Å²) in [4.78, 5) is 38.6. The van der Waals surface area contributed by atoms with Gasteiger partial charge in [0.05, 0.1) is 71.5 Å². The molecular weight excluding hydrogens is 1230 g/mol. The van der Waals surface area contributed by atoms with Crippen molar-refractivity contribution in [3.8, 4) is 28.7 Å². The number of amides is 2. The molecule has 0 saturated carbocycles. The van der Waals surface area contributed by atoms with Crippen molar-refractivity contribution in [2.75, 3.05) is 45.1 Å². The second kappa shape index (κ2) is 23.2. The Labute approximate surface area is 465 Å². The number of sulfonamides is 2. The highest BCUT2D eigenvalue weighted by molar-refractivity contribution is 14.1. The lowest BCUT2D eigenvalue weighted by Gasteiger charge is -2.39. The van der Waals surface area contributed by atoms with Gasteiger partial charge in [0.2, 0.25) is 0 Å². The van der Waals surface area contributed by atoms with Crippen LogP contribution < -0.4 is 42.5 Å². The second-order valence-corrected chi connectivity index (χ2v) is 22.1. The van der Waals surface area contributed by atoms with Gasteiger partial charge in [0.15, 0.2) is 22.0 Å². The fourth-order valence-corrected chi connectivity index (χ4v) is 11.8. The molecule has 9 rings (SSSR count). The van der Waals surface area contributed by atoms with Crippen molar-refractivity contribution < 1.29 is 76.5 Å². The fraction of sp³-hybridized carbons (Fsp3) is 0.240. The molecule has 78 heavy (non-hydrogen) atoms. The molecule has 7 aromatic rings. The molecule has 0 fully saturated rings. The predicted molar refractivity (Wildman–Crippen MR) is 289 cm³/mol. The Hall–Kier alpha value is -6.89. The first-order chi connectivity index (χ1) is 36.8. The van der Waals surface area contributed by atoms with Crippen molar-refractivity contribution in [3.63, 3.8) is 0 Å². The number of aromatic nitrogens is 2. The van der Waals surface area contributed by atoms with Gasteiger partial charge >= 0.3 is 12.4 Å². The van der Waals surface area contributed by atoms with Crippen molar-refractivity contribution in [2.45, 2.75) is 61.2 Å². The van der Waals surface area contributed by atoms with Crippen LogP contribution in [0.1, 0.15) is 37.5 Å². The third-order valence-electron chi connectivity index (χ3n) is 11.5. The summed E-state index contributed by atoms with van der Waals surface area (Å²) < 4.78 is 164. The molecule has 1 atom stereocenters. The number of benzene rings is 5. The zero-order chi connectivity index (χ0) is 57.1. The Morgan fingerprint density at radius 3 is 1.74 bits per heavy atom. The number of thiazole rings is 2. The van der Waals surface area contributed by atoms with Gasteiger partial charge in [0, 0.05) is 35.3 Å². The van der Waals surface area contributed by atoms with E-state index in [0.717, 1.165) is 73.2 Å². The van der Waals surface area contributed by atoms with Gasteiger partial charge in [-0.2, -0.15) is 26.3 Å². The number of anilines is 6. The Kier molecular flexibility index (Phi) is 17.5. The van der Waals surface area contributed by atoms with E-state index < -0.39 is 67.0 Å². The molecule has 0 bridgehead atoms. The third kappa shape index (κ3) is 12.4. The maximum Gasteiger partial charge on any atom is 0.416 e. The van der Waals surface area contributed by atoms with E-state index in [2.05, 4.69) is 37.3 Å². The van der Waals surface area contributed by atoms with Gasteiger partial charge in [0.25, 0.3) is 31.9 Å². The van der Waals surface area contributed by atoms with E-state index in [1.54, 1.807) is 35.0 Å². The summed E-state index contributed by atoms with van der Waals surface area (Å²) in [6, 6.07) is 20.3. The Balaban J connectivity index is 0.000000224. The number of halogens is 7. The molecule has 1 N–H and O–H groups in total. The fourth-order valence-electron chi connectivity index (χ4n) is 7.73. The van der Waals surface area contributed by atoms with Gasteiger partial charge < -0.3 is 23.7 Å². The summed E-state index contributed by atoms with van der Waals surface area (Å²) in [6.07, 6.45) is -7.36. The van der Waals surface area contributed by atoms with Gasteiger partial charge in [-0.1, -0.05) is 34.7 Å². The molecule has 2 amide bonds. The van der Waals surface area contributed by atoms with Gasteiger partial charge in [-0.25, -0.2) is 31.1 Å². The number of nitrogens with one attached hydrogen (secondary N) is 1. The van der Waals surface area contributed by atoms with Gasteiger partial charge in [-0.3, -0.25) is 24.1 Å². The smallest absolute Gasteiger partial charge is 0.416 e. The second-order valence-electron chi connectivity index (χ2n) is 16.8. The van der Waals surface area contributed by atoms with E-state index in [1.807, 2.05) is 4.93 Å². The molecule has 0 spiro atoms. The van der Waals surface area contributed by atoms with Crippen molar-refractivity contribution in [1.82, 2.24) is 9.97 Å². The number of hydrogen-bond acceptors (Lipinski definition) is 15. The number of ether oxygens (including phenoxy) is 5. The molecular formula is C50H45F6IN6O11S4. The SMILES string of the molecule is CI.COc1cc(C(F)(F)F)ccc1N1C(=O)C(C)(C)Oc2cc(S(=O)(=O)Nc3nccs3)ccc21.COc1ccc(CN(c2nccs2)S(=O)(=O)c2ccc3c(c2)OC(C)C(=O)N3c2ccc(C(F)(F)F)cc2OC)cc1. The molecule has 28 heteroatoms. The Bertz CT molecular complexity index is 3540. The zero-order valence-corrected chi connectivity index (χ0v) is 47.3. The van der Waals surface area contributed by atoms with Crippen LogP contribution in [0.15, 0.2) is 130 Å². The molecule has 0 aliphatic carbocycles. The number of methoxy groups -OCH3 is 3. The van der Waals surface area contributed by atoms with Gasteiger partial charge in [-0.15, -0.1) is 22.7 Å². The lowest BCUT2D eigenvalue weighted by molar-refractivity contribution is -0.138. The maximum atomic E-state index is 14.0. The normalized spacial score (nSPS) is 15.0. The van der Waals surface area contributed by atoms with E-state index in [9.17, 15) is 52.8 Å². The number of alkyl halides is 7. The largest absolute Gasteiger partial charge is 0.497 e. The van der Waals surface area contributed by atoms with Gasteiger partial charge in [-0.05, 0) is 104 Å². The topological polar surface area (TPSA) is 196 Å². The Morgan fingerprint density at radius 2 is 1.22 bits per heavy atom. The molecule has 5 aromatic carbocycles. The number of rotatable bonds is 13. The molecule has 2 aromatic heterocycles. The van der Waals surface area contributed by atoms with E-state index in [0.29, 0.717) is 11.3 Å². The summed E-state index contributed by atoms with van der Waals surface area (Å²) in [6.45, 7) is 4.37. The van der Waals surface area contributed by atoms with Crippen molar-refractivity contribution >= 4 is 110 Å². The van der Waals surface area contributed by atoms with E-state index in [-0.39, 0.29) is 72.3 Å². The molecule has 414 valence electrons. The van der Waals surface area contributed by atoms with Crippen LogP contribution in [0.2, 0.25) is 0 Å². The van der Waals surface area contributed by atoms with Crippen LogP contribution in [0.5, 0.6) is 28.7 Å². The quantitative estimate of drug-likeness (QED) is 0.0651. The molecule has 0 radical (unpaired) electrons. The summed E-state index contributed by atoms with van der Waals surface area (Å²) in [5.74, 6) is -0.803. The summed E-state index contributed by atoms with van der Waals surface area (Å²) in [5, 5.41) is 3.68. The minimum atomic E-state index is -4.62. The lowest BCUT2D eigenvalue weighted by atomic mass is 10.0. The van der Waals surface area contributed by atoms with Gasteiger partial charge in [0.1, 0.15) is 28.7 Å². The monoisotopic (exact) mass is 1270 g/mol. The van der Waals surface area contributed by atoms with Crippen molar-refractivity contribution in [2.24, 2.45) is 0 Å². The van der Waals surface area contributed by atoms with Crippen LogP contribution in [0.4, 0.5) is 59.4 Å². The van der Waals surface area contributed by atoms with Crippen LogP contribution in [-0.2, 0) is 48.5 Å².